The summed E-state index contributed by atoms with van der Waals surface area (Å²) in [6.45, 7) is 5.09. The van der Waals surface area contributed by atoms with Gasteiger partial charge in [0.1, 0.15) is 10.8 Å². The quantitative estimate of drug-likeness (QED) is 0.578. The number of aromatic nitrogens is 2. The van der Waals surface area contributed by atoms with Crippen LogP contribution in [0.25, 0.3) is 0 Å². The molecule has 0 bridgehead atoms. The molecule has 2 saturated heterocycles. The summed E-state index contributed by atoms with van der Waals surface area (Å²) in [6, 6.07) is 9.79. The Kier molecular flexibility index (Phi) is 7.85. The summed E-state index contributed by atoms with van der Waals surface area (Å²) >= 11 is 1.63. The zero-order valence-corrected chi connectivity index (χ0v) is 20.0. The molecule has 4 rings (SSSR count). The number of likely N-dealkylation sites (tertiary alicyclic amines) is 1. The maximum Gasteiger partial charge on any atom is 0.303 e. The van der Waals surface area contributed by atoms with Crippen LogP contribution in [0.5, 0.6) is 0 Å². The van der Waals surface area contributed by atoms with Crippen molar-refractivity contribution in [2.24, 2.45) is 5.92 Å². The largest absolute Gasteiger partial charge is 0.481 e. The number of aliphatic carboxylic acids is 1. The minimum absolute atomic E-state index is 0.0356. The lowest BCUT2D eigenvalue weighted by atomic mass is 9.95. The molecule has 2 aliphatic rings. The van der Waals surface area contributed by atoms with Crippen molar-refractivity contribution in [2.75, 3.05) is 36.8 Å². The highest BCUT2D eigenvalue weighted by Gasteiger charge is 2.31. The van der Waals surface area contributed by atoms with Crippen LogP contribution in [-0.4, -0.2) is 63.8 Å². The second kappa shape index (κ2) is 11.0. The highest BCUT2D eigenvalue weighted by Crippen LogP contribution is 2.31. The van der Waals surface area contributed by atoms with Gasteiger partial charge in [0.2, 0.25) is 0 Å². The number of hydrogen-bond acceptors (Lipinski definition) is 6. The first-order valence-corrected chi connectivity index (χ1v) is 12.8. The van der Waals surface area contributed by atoms with Crippen molar-refractivity contribution in [1.29, 1.82) is 0 Å². The maximum atomic E-state index is 13.4. The molecule has 0 saturated carbocycles. The van der Waals surface area contributed by atoms with E-state index in [1.807, 2.05) is 41.4 Å². The Morgan fingerprint density at radius 1 is 1.15 bits per heavy atom. The van der Waals surface area contributed by atoms with Gasteiger partial charge in [-0.3, -0.25) is 14.6 Å². The van der Waals surface area contributed by atoms with E-state index in [9.17, 15) is 14.7 Å². The molecule has 8 heteroatoms. The fourth-order valence-corrected chi connectivity index (χ4v) is 5.61. The molecule has 4 heterocycles. The molecule has 176 valence electrons. The van der Waals surface area contributed by atoms with Crippen molar-refractivity contribution in [3.63, 3.8) is 0 Å². The van der Waals surface area contributed by atoms with Crippen molar-refractivity contribution in [3.8, 4) is 0 Å². The number of nitrogens with zero attached hydrogens (tertiary/aromatic N) is 4. The normalized spacial score (nSPS) is 20.8. The topological polar surface area (TPSA) is 86.6 Å². The molecule has 1 amide bonds. The summed E-state index contributed by atoms with van der Waals surface area (Å²) in [5, 5.41) is 9.95. The van der Waals surface area contributed by atoms with Gasteiger partial charge in [0, 0.05) is 50.4 Å². The first-order chi connectivity index (χ1) is 16.0. The lowest BCUT2D eigenvalue weighted by molar-refractivity contribution is -0.138. The van der Waals surface area contributed by atoms with Crippen LogP contribution in [0.1, 0.15) is 61.0 Å². The Hall–Kier alpha value is -2.61. The molecule has 2 aromatic heterocycles. The van der Waals surface area contributed by atoms with Crippen LogP contribution in [-0.2, 0) is 4.79 Å². The molecule has 0 aromatic carbocycles. The lowest BCUT2D eigenvalue weighted by Gasteiger charge is -2.33. The SMILES string of the molecule is CCCSc1nc(N2CCCC(CC(=O)O)C2)ccc1C(=O)N1CC[C@H](c2ccccn2)C1. The summed E-state index contributed by atoms with van der Waals surface area (Å²) in [5.74, 6) is 1.44. The molecule has 2 fully saturated rings. The van der Waals surface area contributed by atoms with Gasteiger partial charge < -0.3 is 14.9 Å². The maximum absolute atomic E-state index is 13.4. The van der Waals surface area contributed by atoms with Gasteiger partial charge in [0.15, 0.2) is 0 Å². The van der Waals surface area contributed by atoms with E-state index in [2.05, 4.69) is 16.8 Å². The van der Waals surface area contributed by atoms with E-state index in [1.54, 1.807) is 11.8 Å². The van der Waals surface area contributed by atoms with E-state index in [4.69, 9.17) is 4.98 Å². The van der Waals surface area contributed by atoms with Crippen LogP contribution in [0.2, 0.25) is 0 Å². The summed E-state index contributed by atoms with van der Waals surface area (Å²) in [7, 11) is 0. The molecule has 2 aliphatic heterocycles. The van der Waals surface area contributed by atoms with Gasteiger partial charge >= 0.3 is 5.97 Å². The predicted octanol–water partition coefficient (Wildman–Crippen LogP) is 4.30. The standard InChI is InChI=1S/C25H32N4O3S/c1-2-14-33-24-20(25(32)29-13-10-19(17-29)21-7-3-4-11-26-21)8-9-22(27-24)28-12-5-6-18(16-28)15-23(30)31/h3-4,7-9,11,18-19H,2,5-6,10,12-17H2,1H3,(H,30,31)/t18?,19-/m0/s1. The molecule has 0 radical (unpaired) electrons. The Morgan fingerprint density at radius 3 is 2.79 bits per heavy atom. The van der Waals surface area contributed by atoms with Crippen molar-refractivity contribution < 1.29 is 14.7 Å². The van der Waals surface area contributed by atoms with Crippen LogP contribution in [0.15, 0.2) is 41.6 Å². The molecule has 2 atom stereocenters. The third-order valence-corrected chi connectivity index (χ3v) is 7.60. The second-order valence-corrected chi connectivity index (χ2v) is 10.00. The lowest BCUT2D eigenvalue weighted by Crippen LogP contribution is -2.37. The van der Waals surface area contributed by atoms with Gasteiger partial charge in [0.25, 0.3) is 5.91 Å². The number of amides is 1. The number of hydrogen-bond donors (Lipinski definition) is 1. The van der Waals surface area contributed by atoms with Crippen molar-refractivity contribution in [3.05, 3.63) is 47.8 Å². The predicted molar refractivity (Wildman–Crippen MR) is 130 cm³/mol. The number of carboxylic acids is 1. The van der Waals surface area contributed by atoms with E-state index in [0.717, 1.165) is 61.1 Å². The van der Waals surface area contributed by atoms with Crippen LogP contribution in [0.3, 0.4) is 0 Å². The van der Waals surface area contributed by atoms with Crippen molar-refractivity contribution >= 4 is 29.5 Å². The summed E-state index contributed by atoms with van der Waals surface area (Å²) in [6.07, 6.45) is 5.81. The first-order valence-electron chi connectivity index (χ1n) is 11.9. The van der Waals surface area contributed by atoms with E-state index < -0.39 is 5.97 Å². The van der Waals surface area contributed by atoms with Gasteiger partial charge in [-0.1, -0.05) is 13.0 Å². The van der Waals surface area contributed by atoms with E-state index in [-0.39, 0.29) is 24.2 Å². The zero-order valence-electron chi connectivity index (χ0n) is 19.2. The Labute approximate surface area is 199 Å². The molecular formula is C25H32N4O3S. The number of piperidine rings is 1. The monoisotopic (exact) mass is 468 g/mol. The fraction of sp³-hybridized carbons (Fsp3) is 0.520. The van der Waals surface area contributed by atoms with Gasteiger partial charge in [-0.2, -0.15) is 0 Å². The number of thioether (sulfide) groups is 1. The summed E-state index contributed by atoms with van der Waals surface area (Å²) in [4.78, 5) is 38.1. The number of carboxylic acid groups (broad SMARTS) is 1. The van der Waals surface area contributed by atoms with Gasteiger partial charge in [-0.05, 0) is 61.6 Å². The van der Waals surface area contributed by atoms with E-state index in [1.165, 1.54) is 0 Å². The summed E-state index contributed by atoms with van der Waals surface area (Å²) < 4.78 is 0. The Morgan fingerprint density at radius 2 is 2.03 bits per heavy atom. The molecule has 1 unspecified atom stereocenters. The van der Waals surface area contributed by atoms with E-state index >= 15 is 0 Å². The first kappa shape index (κ1) is 23.5. The Bertz CT molecular complexity index is 971. The molecule has 0 aliphatic carbocycles. The van der Waals surface area contributed by atoms with Crippen LogP contribution >= 0.6 is 11.8 Å². The van der Waals surface area contributed by atoms with Crippen LogP contribution in [0, 0.1) is 5.92 Å². The number of anilines is 1. The fourth-order valence-electron chi connectivity index (χ4n) is 4.74. The molecular weight excluding hydrogens is 436 g/mol. The van der Waals surface area contributed by atoms with Gasteiger partial charge in [-0.15, -0.1) is 11.8 Å². The van der Waals surface area contributed by atoms with Crippen LogP contribution in [0.4, 0.5) is 5.82 Å². The molecule has 1 N–H and O–H groups in total. The minimum Gasteiger partial charge on any atom is -0.481 e. The van der Waals surface area contributed by atoms with Crippen molar-refractivity contribution in [2.45, 2.75) is 50.0 Å². The van der Waals surface area contributed by atoms with E-state index in [0.29, 0.717) is 18.7 Å². The number of carbonyl (C=O) groups is 2. The van der Waals surface area contributed by atoms with Crippen LogP contribution < -0.4 is 4.90 Å². The smallest absolute Gasteiger partial charge is 0.303 e. The van der Waals surface area contributed by atoms with Gasteiger partial charge in [-0.25, -0.2) is 4.98 Å². The Balaban J connectivity index is 1.50. The third-order valence-electron chi connectivity index (χ3n) is 6.41. The van der Waals surface area contributed by atoms with Crippen molar-refractivity contribution in [1.82, 2.24) is 14.9 Å². The highest BCUT2D eigenvalue weighted by molar-refractivity contribution is 7.99. The molecule has 7 nitrogen and oxygen atoms in total. The molecule has 0 spiro atoms. The minimum atomic E-state index is -0.746. The zero-order chi connectivity index (χ0) is 23.2. The average molecular weight is 469 g/mol. The second-order valence-electron chi connectivity index (χ2n) is 8.91. The number of pyridine rings is 2. The van der Waals surface area contributed by atoms with Gasteiger partial charge in [0.05, 0.1) is 5.56 Å². The molecule has 33 heavy (non-hydrogen) atoms. The highest BCUT2D eigenvalue weighted by atomic mass is 32.2. The summed E-state index contributed by atoms with van der Waals surface area (Å²) in [5.41, 5.74) is 1.71. The number of rotatable bonds is 8. The molecule has 2 aromatic rings. The average Bonchev–Trinajstić information content (AvgIpc) is 3.33. The number of carbonyl (C=O) groups excluding carboxylic acids is 1. The third kappa shape index (κ3) is 5.85.